The molecule has 22 heavy (non-hydrogen) atoms. The van der Waals surface area contributed by atoms with Crippen molar-refractivity contribution in [1.29, 1.82) is 0 Å². The average molecular weight is 310 g/mol. The molecule has 5 heteroatoms. The van der Waals surface area contributed by atoms with Gasteiger partial charge in [-0.05, 0) is 61.5 Å². The Morgan fingerprint density at radius 2 is 1.86 bits per heavy atom. The topological polar surface area (TPSA) is 45.6 Å². The van der Waals surface area contributed by atoms with Crippen LogP contribution in [0.5, 0.6) is 0 Å². The Morgan fingerprint density at radius 1 is 1.09 bits per heavy atom. The molecule has 0 radical (unpaired) electrons. The Bertz CT molecular complexity index is 833. The van der Waals surface area contributed by atoms with Gasteiger partial charge in [0.2, 0.25) is 0 Å². The Hall–Kier alpha value is -2.40. The molecule has 0 unspecified atom stereocenters. The second kappa shape index (κ2) is 6.15. The SMILES string of the molecule is Cc1ccc(-n2c(CNc3ccccc3)n[nH]c2=S)cc1C. The van der Waals surface area contributed by atoms with Crippen LogP contribution in [0.4, 0.5) is 5.69 Å². The summed E-state index contributed by atoms with van der Waals surface area (Å²) in [7, 11) is 0. The molecule has 112 valence electrons. The van der Waals surface area contributed by atoms with Gasteiger partial charge in [0.15, 0.2) is 10.6 Å². The van der Waals surface area contributed by atoms with Crippen LogP contribution in [0.25, 0.3) is 5.69 Å². The minimum absolute atomic E-state index is 0.601. The van der Waals surface area contributed by atoms with Gasteiger partial charge >= 0.3 is 0 Å². The minimum atomic E-state index is 0.601. The summed E-state index contributed by atoms with van der Waals surface area (Å²) in [6, 6.07) is 16.4. The molecule has 0 atom stereocenters. The number of hydrogen-bond donors (Lipinski definition) is 2. The molecule has 1 aromatic heterocycles. The number of nitrogens with one attached hydrogen (secondary N) is 2. The summed E-state index contributed by atoms with van der Waals surface area (Å²) < 4.78 is 2.57. The van der Waals surface area contributed by atoms with Gasteiger partial charge in [-0.25, -0.2) is 0 Å². The fourth-order valence-electron chi connectivity index (χ4n) is 2.32. The van der Waals surface area contributed by atoms with E-state index in [-0.39, 0.29) is 0 Å². The lowest BCUT2D eigenvalue weighted by atomic mass is 10.1. The molecule has 0 aliphatic carbocycles. The number of nitrogens with zero attached hydrogens (tertiary/aromatic N) is 2. The van der Waals surface area contributed by atoms with E-state index in [1.807, 2.05) is 34.9 Å². The first-order valence-electron chi connectivity index (χ1n) is 7.18. The number of hydrogen-bond acceptors (Lipinski definition) is 3. The van der Waals surface area contributed by atoms with Gasteiger partial charge in [0.1, 0.15) is 0 Å². The zero-order valence-electron chi connectivity index (χ0n) is 12.6. The number of H-pyrrole nitrogens is 1. The van der Waals surface area contributed by atoms with E-state index in [1.54, 1.807) is 0 Å². The fourth-order valence-corrected chi connectivity index (χ4v) is 2.57. The number of anilines is 1. The van der Waals surface area contributed by atoms with Gasteiger partial charge in [-0.3, -0.25) is 9.67 Å². The maximum atomic E-state index is 5.38. The van der Waals surface area contributed by atoms with Crippen LogP contribution in [0.15, 0.2) is 48.5 Å². The van der Waals surface area contributed by atoms with Crippen molar-refractivity contribution < 1.29 is 0 Å². The van der Waals surface area contributed by atoms with Crippen molar-refractivity contribution in [1.82, 2.24) is 14.8 Å². The lowest BCUT2D eigenvalue weighted by molar-refractivity contribution is 0.886. The normalized spacial score (nSPS) is 10.6. The lowest BCUT2D eigenvalue weighted by Gasteiger charge is -2.10. The molecule has 2 N–H and O–H groups in total. The second-order valence-electron chi connectivity index (χ2n) is 5.27. The smallest absolute Gasteiger partial charge is 0.199 e. The van der Waals surface area contributed by atoms with Crippen molar-refractivity contribution in [3.8, 4) is 5.69 Å². The van der Waals surface area contributed by atoms with E-state index in [2.05, 4.69) is 47.6 Å². The van der Waals surface area contributed by atoms with Crippen LogP contribution in [-0.4, -0.2) is 14.8 Å². The molecular weight excluding hydrogens is 292 g/mol. The molecule has 2 aromatic carbocycles. The standard InChI is InChI=1S/C17H18N4S/c1-12-8-9-15(10-13(12)2)21-16(19-20-17(21)22)11-18-14-6-4-3-5-7-14/h3-10,18H,11H2,1-2H3,(H,20,22). The van der Waals surface area contributed by atoms with Crippen LogP contribution in [0, 0.1) is 18.6 Å². The predicted octanol–water partition coefficient (Wildman–Crippen LogP) is 4.16. The molecule has 0 spiro atoms. The number of para-hydroxylation sites is 1. The van der Waals surface area contributed by atoms with E-state index in [9.17, 15) is 0 Å². The molecule has 0 fully saturated rings. The highest BCUT2D eigenvalue weighted by molar-refractivity contribution is 7.71. The Labute approximate surface area is 134 Å². The van der Waals surface area contributed by atoms with Gasteiger partial charge < -0.3 is 5.32 Å². The van der Waals surface area contributed by atoms with E-state index in [4.69, 9.17) is 12.2 Å². The molecule has 4 nitrogen and oxygen atoms in total. The number of aromatic nitrogens is 3. The highest BCUT2D eigenvalue weighted by Crippen LogP contribution is 2.17. The molecule has 0 bridgehead atoms. The van der Waals surface area contributed by atoms with Crippen molar-refractivity contribution in [2.24, 2.45) is 0 Å². The first kappa shape index (κ1) is 14.5. The van der Waals surface area contributed by atoms with Crippen LogP contribution in [0.1, 0.15) is 17.0 Å². The minimum Gasteiger partial charge on any atom is -0.378 e. The van der Waals surface area contributed by atoms with Gasteiger partial charge in [0, 0.05) is 11.4 Å². The van der Waals surface area contributed by atoms with E-state index >= 15 is 0 Å². The molecule has 3 rings (SSSR count). The highest BCUT2D eigenvalue weighted by Gasteiger charge is 2.09. The Balaban J connectivity index is 1.90. The third-order valence-electron chi connectivity index (χ3n) is 3.71. The first-order valence-corrected chi connectivity index (χ1v) is 7.59. The summed E-state index contributed by atoms with van der Waals surface area (Å²) in [5.41, 5.74) is 4.60. The fraction of sp³-hybridized carbons (Fsp3) is 0.176. The monoisotopic (exact) mass is 310 g/mol. The number of aryl methyl sites for hydroxylation is 2. The molecule has 0 amide bonds. The van der Waals surface area contributed by atoms with E-state index < -0.39 is 0 Å². The van der Waals surface area contributed by atoms with Gasteiger partial charge in [-0.1, -0.05) is 24.3 Å². The number of rotatable bonds is 4. The van der Waals surface area contributed by atoms with Crippen LogP contribution in [-0.2, 0) is 6.54 Å². The van der Waals surface area contributed by atoms with Crippen LogP contribution in [0.3, 0.4) is 0 Å². The number of benzene rings is 2. The van der Waals surface area contributed by atoms with Crippen LogP contribution >= 0.6 is 12.2 Å². The largest absolute Gasteiger partial charge is 0.378 e. The molecular formula is C17H18N4S. The molecule has 0 aliphatic heterocycles. The van der Waals surface area contributed by atoms with Crippen molar-refractivity contribution >= 4 is 17.9 Å². The molecule has 3 aromatic rings. The summed E-state index contributed by atoms with van der Waals surface area (Å²) in [6.07, 6.45) is 0. The third-order valence-corrected chi connectivity index (χ3v) is 3.99. The zero-order valence-corrected chi connectivity index (χ0v) is 13.4. The molecule has 1 heterocycles. The molecule has 0 saturated carbocycles. The zero-order chi connectivity index (χ0) is 15.5. The van der Waals surface area contributed by atoms with E-state index in [0.29, 0.717) is 11.3 Å². The van der Waals surface area contributed by atoms with Crippen LogP contribution < -0.4 is 5.32 Å². The summed E-state index contributed by atoms with van der Waals surface area (Å²) in [4.78, 5) is 0. The summed E-state index contributed by atoms with van der Waals surface area (Å²) in [5, 5.41) is 10.6. The predicted molar refractivity (Wildman–Crippen MR) is 92.0 cm³/mol. The van der Waals surface area contributed by atoms with Gasteiger partial charge in [0.05, 0.1) is 6.54 Å². The van der Waals surface area contributed by atoms with E-state index in [0.717, 1.165) is 17.2 Å². The number of aromatic amines is 1. The lowest BCUT2D eigenvalue weighted by Crippen LogP contribution is -2.08. The Kier molecular flexibility index (Phi) is 4.06. The van der Waals surface area contributed by atoms with Crippen molar-refractivity contribution in [2.75, 3.05) is 5.32 Å². The van der Waals surface area contributed by atoms with Crippen molar-refractivity contribution in [3.63, 3.8) is 0 Å². The maximum Gasteiger partial charge on any atom is 0.199 e. The summed E-state index contributed by atoms with van der Waals surface area (Å²) in [6.45, 7) is 4.81. The Morgan fingerprint density at radius 3 is 2.59 bits per heavy atom. The van der Waals surface area contributed by atoms with Gasteiger partial charge in [0.25, 0.3) is 0 Å². The van der Waals surface area contributed by atoms with E-state index in [1.165, 1.54) is 11.1 Å². The highest BCUT2D eigenvalue weighted by atomic mass is 32.1. The quantitative estimate of drug-likeness (QED) is 0.711. The molecule has 0 saturated heterocycles. The average Bonchev–Trinajstić information content (AvgIpc) is 2.90. The molecule has 0 aliphatic rings. The van der Waals surface area contributed by atoms with Gasteiger partial charge in [-0.15, -0.1) is 0 Å². The van der Waals surface area contributed by atoms with Crippen LogP contribution in [0.2, 0.25) is 0 Å². The van der Waals surface area contributed by atoms with Crippen molar-refractivity contribution in [2.45, 2.75) is 20.4 Å². The third kappa shape index (κ3) is 2.94. The first-order chi connectivity index (χ1) is 10.6. The maximum absolute atomic E-state index is 5.38. The summed E-state index contributed by atoms with van der Waals surface area (Å²) in [5.74, 6) is 0.858. The van der Waals surface area contributed by atoms with Gasteiger partial charge in [-0.2, -0.15) is 5.10 Å². The van der Waals surface area contributed by atoms with Crippen molar-refractivity contribution in [3.05, 3.63) is 70.3 Å². The summed E-state index contributed by atoms with van der Waals surface area (Å²) >= 11 is 5.38. The second-order valence-corrected chi connectivity index (χ2v) is 5.66.